The number of nitrogens with one attached hydrogen (secondary N) is 1. The largest absolute Gasteiger partial charge is 0.444 e. The van der Waals surface area contributed by atoms with Crippen LogP contribution in [0, 0.1) is 0 Å². The quantitative estimate of drug-likeness (QED) is 0.819. The fourth-order valence-electron chi connectivity index (χ4n) is 2.47. The Morgan fingerprint density at radius 1 is 1.33 bits per heavy atom. The molecule has 0 bridgehead atoms. The van der Waals surface area contributed by atoms with Crippen molar-refractivity contribution in [2.24, 2.45) is 0 Å². The Labute approximate surface area is 129 Å². The summed E-state index contributed by atoms with van der Waals surface area (Å²) < 4.78 is 5.42. The Morgan fingerprint density at radius 3 is 2.48 bits per heavy atom. The van der Waals surface area contributed by atoms with Crippen molar-refractivity contribution in [3.05, 3.63) is 0 Å². The molecular weight excluding hydrogens is 268 g/mol. The average molecular weight is 300 g/mol. The Bertz CT molecular complexity index is 335. The van der Waals surface area contributed by atoms with Crippen LogP contribution in [0.5, 0.6) is 0 Å². The Balaban J connectivity index is 2.47. The highest BCUT2D eigenvalue weighted by Crippen LogP contribution is 2.17. The molecule has 1 fully saturated rings. The van der Waals surface area contributed by atoms with Gasteiger partial charge in [-0.15, -0.1) is 0 Å². The van der Waals surface area contributed by atoms with E-state index in [9.17, 15) is 9.90 Å². The lowest BCUT2D eigenvalue weighted by molar-refractivity contribution is 0.0127. The third-order valence-corrected chi connectivity index (χ3v) is 4.11. The molecule has 0 radical (unpaired) electrons. The summed E-state index contributed by atoms with van der Waals surface area (Å²) in [6.45, 7) is 11.6. The lowest BCUT2D eigenvalue weighted by atomic mass is 9.96. The number of piperidine rings is 1. The van der Waals surface area contributed by atoms with E-state index in [0.29, 0.717) is 13.1 Å². The molecule has 0 aromatic rings. The minimum atomic E-state index is -0.645. The van der Waals surface area contributed by atoms with Crippen LogP contribution < -0.4 is 5.32 Å². The van der Waals surface area contributed by atoms with E-state index in [0.717, 1.165) is 32.2 Å². The molecule has 1 saturated heterocycles. The smallest absolute Gasteiger partial charge is 0.410 e. The molecule has 1 aliphatic heterocycles. The maximum atomic E-state index is 12.1. The normalized spacial score (nSPS) is 20.5. The van der Waals surface area contributed by atoms with Gasteiger partial charge in [0.05, 0.1) is 5.60 Å². The predicted octanol–water partition coefficient (Wildman–Crippen LogP) is 2.53. The Kier molecular flexibility index (Phi) is 6.47. The first-order valence-corrected chi connectivity index (χ1v) is 8.13. The fourth-order valence-corrected chi connectivity index (χ4v) is 2.47. The molecule has 0 aromatic carbocycles. The minimum Gasteiger partial charge on any atom is -0.444 e. The van der Waals surface area contributed by atoms with Crippen LogP contribution in [0.25, 0.3) is 0 Å². The molecule has 0 saturated carbocycles. The van der Waals surface area contributed by atoms with Gasteiger partial charge in [0.2, 0.25) is 0 Å². The number of amides is 1. The zero-order valence-corrected chi connectivity index (χ0v) is 14.2. The van der Waals surface area contributed by atoms with Crippen LogP contribution in [0.2, 0.25) is 0 Å². The SMILES string of the molecule is CCC(O)(CC)CNC1CCCN(C(=O)OC(C)(C)C)C1. The second-order valence-electron chi connectivity index (χ2n) is 7.08. The van der Waals surface area contributed by atoms with Crippen molar-refractivity contribution in [1.29, 1.82) is 0 Å². The van der Waals surface area contributed by atoms with Crippen molar-refractivity contribution in [2.75, 3.05) is 19.6 Å². The number of likely N-dealkylation sites (tertiary alicyclic amines) is 1. The van der Waals surface area contributed by atoms with Gasteiger partial charge in [-0.25, -0.2) is 4.79 Å². The molecule has 1 heterocycles. The number of nitrogens with zero attached hydrogens (tertiary/aromatic N) is 1. The number of aliphatic hydroxyl groups is 1. The maximum absolute atomic E-state index is 12.1. The van der Waals surface area contributed by atoms with Crippen LogP contribution in [-0.4, -0.2) is 53.0 Å². The van der Waals surface area contributed by atoms with Gasteiger partial charge in [-0.3, -0.25) is 0 Å². The molecule has 1 atom stereocenters. The molecule has 2 N–H and O–H groups in total. The van der Waals surface area contributed by atoms with Gasteiger partial charge in [0.25, 0.3) is 0 Å². The first-order chi connectivity index (χ1) is 9.69. The van der Waals surface area contributed by atoms with Crippen molar-refractivity contribution in [1.82, 2.24) is 10.2 Å². The van der Waals surface area contributed by atoms with Gasteiger partial charge in [-0.1, -0.05) is 13.8 Å². The fraction of sp³-hybridized carbons (Fsp3) is 0.938. The molecule has 1 aliphatic rings. The molecule has 0 aliphatic carbocycles. The molecule has 0 spiro atoms. The van der Waals surface area contributed by atoms with Crippen molar-refractivity contribution in [3.63, 3.8) is 0 Å². The van der Waals surface area contributed by atoms with Crippen LogP contribution in [0.3, 0.4) is 0 Å². The number of hydrogen-bond donors (Lipinski definition) is 2. The van der Waals surface area contributed by atoms with E-state index in [4.69, 9.17) is 4.74 Å². The van der Waals surface area contributed by atoms with Gasteiger partial charge >= 0.3 is 6.09 Å². The highest BCUT2D eigenvalue weighted by Gasteiger charge is 2.29. The summed E-state index contributed by atoms with van der Waals surface area (Å²) in [7, 11) is 0. The van der Waals surface area contributed by atoms with Crippen LogP contribution in [0.1, 0.15) is 60.3 Å². The summed E-state index contributed by atoms with van der Waals surface area (Å²) in [5.74, 6) is 0. The van der Waals surface area contributed by atoms with E-state index in [1.165, 1.54) is 0 Å². The number of rotatable bonds is 5. The summed E-state index contributed by atoms with van der Waals surface area (Å²) in [5.41, 5.74) is -1.10. The summed E-state index contributed by atoms with van der Waals surface area (Å²) in [5, 5.41) is 13.7. The summed E-state index contributed by atoms with van der Waals surface area (Å²) >= 11 is 0. The van der Waals surface area contributed by atoms with E-state index in [-0.39, 0.29) is 12.1 Å². The number of hydrogen-bond acceptors (Lipinski definition) is 4. The minimum absolute atomic E-state index is 0.232. The number of carbonyl (C=O) groups excluding carboxylic acids is 1. The maximum Gasteiger partial charge on any atom is 0.410 e. The Hall–Kier alpha value is -0.810. The monoisotopic (exact) mass is 300 g/mol. The van der Waals surface area contributed by atoms with Crippen LogP contribution in [0.15, 0.2) is 0 Å². The van der Waals surface area contributed by atoms with Crippen LogP contribution in [-0.2, 0) is 4.74 Å². The van der Waals surface area contributed by atoms with Gasteiger partial charge in [-0.2, -0.15) is 0 Å². The predicted molar refractivity (Wildman–Crippen MR) is 84.4 cm³/mol. The third-order valence-electron chi connectivity index (χ3n) is 4.11. The first kappa shape index (κ1) is 18.2. The second-order valence-corrected chi connectivity index (χ2v) is 7.08. The molecule has 5 heteroatoms. The van der Waals surface area contributed by atoms with Crippen LogP contribution >= 0.6 is 0 Å². The molecular formula is C16H32N2O3. The number of ether oxygens (including phenoxy) is 1. The lowest BCUT2D eigenvalue weighted by Gasteiger charge is -2.36. The van der Waals surface area contributed by atoms with E-state index in [1.807, 2.05) is 34.6 Å². The molecule has 21 heavy (non-hydrogen) atoms. The van der Waals surface area contributed by atoms with Gasteiger partial charge in [0.15, 0.2) is 0 Å². The van der Waals surface area contributed by atoms with E-state index >= 15 is 0 Å². The zero-order valence-electron chi connectivity index (χ0n) is 14.2. The molecule has 124 valence electrons. The summed E-state index contributed by atoms with van der Waals surface area (Å²) in [6, 6.07) is 0.232. The van der Waals surface area contributed by atoms with E-state index in [1.54, 1.807) is 4.90 Å². The van der Waals surface area contributed by atoms with Gasteiger partial charge in [-0.05, 0) is 46.5 Å². The van der Waals surface area contributed by atoms with Crippen molar-refractivity contribution >= 4 is 6.09 Å². The molecule has 1 rings (SSSR count). The van der Waals surface area contributed by atoms with Crippen molar-refractivity contribution < 1.29 is 14.6 Å². The molecule has 1 unspecified atom stereocenters. The molecule has 5 nitrogen and oxygen atoms in total. The highest BCUT2D eigenvalue weighted by molar-refractivity contribution is 5.68. The standard InChI is InChI=1S/C16H32N2O3/c1-6-16(20,7-2)12-17-13-9-8-10-18(11-13)14(19)21-15(3,4)5/h13,17,20H,6-12H2,1-5H3. The van der Waals surface area contributed by atoms with E-state index in [2.05, 4.69) is 5.32 Å². The first-order valence-electron chi connectivity index (χ1n) is 8.13. The topological polar surface area (TPSA) is 61.8 Å². The second kappa shape index (κ2) is 7.45. The van der Waals surface area contributed by atoms with E-state index < -0.39 is 11.2 Å². The van der Waals surface area contributed by atoms with Gasteiger partial charge < -0.3 is 20.1 Å². The Morgan fingerprint density at radius 2 is 1.95 bits per heavy atom. The van der Waals surface area contributed by atoms with Crippen LogP contribution in [0.4, 0.5) is 4.79 Å². The third kappa shape index (κ3) is 6.22. The average Bonchev–Trinajstić information content (AvgIpc) is 2.43. The van der Waals surface area contributed by atoms with Crippen molar-refractivity contribution in [3.8, 4) is 0 Å². The zero-order chi connectivity index (χ0) is 16.1. The van der Waals surface area contributed by atoms with Gasteiger partial charge in [0, 0.05) is 25.7 Å². The molecule has 0 aromatic heterocycles. The van der Waals surface area contributed by atoms with Gasteiger partial charge in [0.1, 0.15) is 5.60 Å². The number of carbonyl (C=O) groups is 1. The molecule has 1 amide bonds. The highest BCUT2D eigenvalue weighted by atomic mass is 16.6. The summed E-state index contributed by atoms with van der Waals surface area (Å²) in [6.07, 6.45) is 3.23. The van der Waals surface area contributed by atoms with Crippen molar-refractivity contribution in [2.45, 2.75) is 77.5 Å². The lowest BCUT2D eigenvalue weighted by Crippen LogP contribution is -2.52. The summed E-state index contributed by atoms with van der Waals surface area (Å²) in [4.78, 5) is 13.9.